The minimum atomic E-state index is 0.0793. The topological polar surface area (TPSA) is 34.9 Å². The lowest BCUT2D eigenvalue weighted by atomic mass is 10.2. The van der Waals surface area contributed by atoms with Gasteiger partial charge in [0.25, 0.3) is 5.56 Å². The Balaban J connectivity index is 2.03. The monoisotopic (exact) mass is 304 g/mol. The van der Waals surface area contributed by atoms with Crippen molar-refractivity contribution in [1.82, 2.24) is 9.55 Å². The van der Waals surface area contributed by atoms with Gasteiger partial charge in [-0.05, 0) is 52.4 Å². The lowest BCUT2D eigenvalue weighted by molar-refractivity contribution is 0.705. The van der Waals surface area contributed by atoms with Gasteiger partial charge in [0.2, 0.25) is 0 Å². The van der Waals surface area contributed by atoms with Crippen LogP contribution in [0.1, 0.15) is 23.2 Å². The summed E-state index contributed by atoms with van der Waals surface area (Å²) in [6.07, 6.45) is 6.81. The third-order valence-corrected chi connectivity index (χ3v) is 3.79. The summed E-state index contributed by atoms with van der Waals surface area (Å²) in [4.78, 5) is 16.1. The van der Waals surface area contributed by atoms with Gasteiger partial charge in [0, 0.05) is 28.6 Å². The SMILES string of the molecule is O=c1ccc2c(n1Cc1cncc(Br)c1)CCC2. The zero-order valence-electron chi connectivity index (χ0n) is 9.90. The Kier molecular flexibility index (Phi) is 3.04. The Morgan fingerprint density at radius 2 is 2.17 bits per heavy atom. The zero-order valence-corrected chi connectivity index (χ0v) is 11.5. The van der Waals surface area contributed by atoms with E-state index in [9.17, 15) is 4.79 Å². The van der Waals surface area contributed by atoms with Gasteiger partial charge >= 0.3 is 0 Å². The van der Waals surface area contributed by atoms with E-state index < -0.39 is 0 Å². The van der Waals surface area contributed by atoms with Crippen LogP contribution in [0.25, 0.3) is 0 Å². The molecule has 1 aliphatic carbocycles. The lowest BCUT2D eigenvalue weighted by Gasteiger charge is -2.11. The lowest BCUT2D eigenvalue weighted by Crippen LogP contribution is -2.23. The van der Waals surface area contributed by atoms with E-state index in [2.05, 4.69) is 20.9 Å². The summed E-state index contributed by atoms with van der Waals surface area (Å²) < 4.78 is 2.83. The summed E-state index contributed by atoms with van der Waals surface area (Å²) in [5.74, 6) is 0. The van der Waals surface area contributed by atoms with Crippen molar-refractivity contribution in [3.8, 4) is 0 Å². The Morgan fingerprint density at radius 3 is 3.00 bits per heavy atom. The van der Waals surface area contributed by atoms with Crippen LogP contribution in [0.15, 0.2) is 39.9 Å². The van der Waals surface area contributed by atoms with Crippen LogP contribution in [-0.4, -0.2) is 9.55 Å². The second-order valence-electron chi connectivity index (χ2n) is 4.59. The third-order valence-electron chi connectivity index (χ3n) is 3.35. The number of hydrogen-bond acceptors (Lipinski definition) is 2. The van der Waals surface area contributed by atoms with Gasteiger partial charge in [-0.25, -0.2) is 0 Å². The molecular formula is C14H13BrN2O. The van der Waals surface area contributed by atoms with E-state index in [0.29, 0.717) is 6.54 Å². The van der Waals surface area contributed by atoms with Crippen molar-refractivity contribution in [3.63, 3.8) is 0 Å². The van der Waals surface area contributed by atoms with Crippen LogP contribution in [-0.2, 0) is 19.4 Å². The second-order valence-corrected chi connectivity index (χ2v) is 5.51. The number of aryl methyl sites for hydroxylation is 1. The van der Waals surface area contributed by atoms with Crippen molar-refractivity contribution in [3.05, 3.63) is 62.2 Å². The molecule has 0 N–H and O–H groups in total. The highest BCUT2D eigenvalue weighted by Crippen LogP contribution is 2.21. The number of halogens is 1. The Morgan fingerprint density at radius 1 is 1.28 bits per heavy atom. The normalized spacial score (nSPS) is 13.6. The molecule has 3 rings (SSSR count). The van der Waals surface area contributed by atoms with Crippen LogP contribution < -0.4 is 5.56 Å². The predicted octanol–water partition coefficient (Wildman–Crippen LogP) is 2.54. The highest BCUT2D eigenvalue weighted by atomic mass is 79.9. The average molecular weight is 305 g/mol. The van der Waals surface area contributed by atoms with E-state index in [4.69, 9.17) is 0 Å². The van der Waals surface area contributed by atoms with Gasteiger partial charge in [-0.15, -0.1) is 0 Å². The van der Waals surface area contributed by atoms with E-state index in [1.165, 1.54) is 11.3 Å². The van der Waals surface area contributed by atoms with Crippen molar-refractivity contribution < 1.29 is 0 Å². The van der Waals surface area contributed by atoms with Crippen LogP contribution >= 0.6 is 15.9 Å². The number of fused-ring (bicyclic) bond motifs is 1. The van der Waals surface area contributed by atoms with E-state index in [1.54, 1.807) is 12.3 Å². The first-order valence-electron chi connectivity index (χ1n) is 6.05. The molecule has 0 fully saturated rings. The number of nitrogens with zero attached hydrogens (tertiary/aromatic N) is 2. The van der Waals surface area contributed by atoms with Crippen LogP contribution in [0.4, 0.5) is 0 Å². The van der Waals surface area contributed by atoms with Crippen molar-refractivity contribution in [2.45, 2.75) is 25.8 Å². The highest BCUT2D eigenvalue weighted by molar-refractivity contribution is 9.10. The largest absolute Gasteiger partial charge is 0.308 e. The quantitative estimate of drug-likeness (QED) is 0.854. The average Bonchev–Trinajstić information content (AvgIpc) is 2.81. The molecule has 0 aliphatic heterocycles. The first-order valence-corrected chi connectivity index (χ1v) is 6.84. The zero-order chi connectivity index (χ0) is 12.5. The maximum absolute atomic E-state index is 12.0. The van der Waals surface area contributed by atoms with Gasteiger partial charge in [0.15, 0.2) is 0 Å². The Bertz CT molecular complexity index is 648. The van der Waals surface area contributed by atoms with Gasteiger partial charge in [-0.3, -0.25) is 9.78 Å². The molecule has 0 unspecified atom stereocenters. The molecule has 4 heteroatoms. The Labute approximate surface area is 114 Å². The molecule has 0 radical (unpaired) electrons. The van der Waals surface area contributed by atoms with Gasteiger partial charge in [-0.2, -0.15) is 0 Å². The molecule has 0 saturated heterocycles. The smallest absolute Gasteiger partial charge is 0.251 e. The van der Waals surface area contributed by atoms with Crippen molar-refractivity contribution in [1.29, 1.82) is 0 Å². The molecule has 92 valence electrons. The van der Waals surface area contributed by atoms with Crippen LogP contribution in [0, 0.1) is 0 Å². The Hall–Kier alpha value is -1.42. The summed E-state index contributed by atoms with van der Waals surface area (Å²) in [5.41, 5.74) is 3.64. The molecule has 2 aromatic heterocycles. The molecule has 0 amide bonds. The van der Waals surface area contributed by atoms with E-state index in [-0.39, 0.29) is 5.56 Å². The molecule has 2 heterocycles. The van der Waals surface area contributed by atoms with Crippen LogP contribution in [0.5, 0.6) is 0 Å². The summed E-state index contributed by atoms with van der Waals surface area (Å²) in [5, 5.41) is 0. The summed E-state index contributed by atoms with van der Waals surface area (Å²) in [6.45, 7) is 0.606. The molecule has 18 heavy (non-hydrogen) atoms. The molecule has 0 spiro atoms. The van der Waals surface area contributed by atoms with Gasteiger partial charge in [-0.1, -0.05) is 6.07 Å². The summed E-state index contributed by atoms with van der Waals surface area (Å²) in [6, 6.07) is 5.66. The second kappa shape index (κ2) is 4.69. The molecule has 2 aromatic rings. The van der Waals surface area contributed by atoms with Crippen molar-refractivity contribution in [2.24, 2.45) is 0 Å². The summed E-state index contributed by atoms with van der Waals surface area (Å²) >= 11 is 3.41. The maximum atomic E-state index is 12.0. The standard InChI is InChI=1S/C14H13BrN2O/c15-12-6-10(7-16-8-12)9-17-13-3-1-2-11(13)4-5-14(17)18/h4-8H,1-3,9H2. The molecule has 0 atom stereocenters. The maximum Gasteiger partial charge on any atom is 0.251 e. The predicted molar refractivity (Wildman–Crippen MR) is 73.8 cm³/mol. The van der Waals surface area contributed by atoms with Crippen LogP contribution in [0.3, 0.4) is 0 Å². The molecule has 0 bridgehead atoms. The molecule has 0 aromatic carbocycles. The first kappa shape index (κ1) is 11.7. The fraction of sp³-hybridized carbons (Fsp3) is 0.286. The van der Waals surface area contributed by atoms with Crippen LogP contribution in [0.2, 0.25) is 0 Å². The minimum absolute atomic E-state index is 0.0793. The molecule has 0 saturated carbocycles. The molecular weight excluding hydrogens is 292 g/mol. The number of pyridine rings is 2. The minimum Gasteiger partial charge on any atom is -0.308 e. The summed E-state index contributed by atoms with van der Waals surface area (Å²) in [7, 11) is 0. The van der Waals surface area contributed by atoms with E-state index in [0.717, 1.165) is 29.3 Å². The van der Waals surface area contributed by atoms with Gasteiger partial charge < -0.3 is 4.57 Å². The molecule has 1 aliphatic rings. The fourth-order valence-corrected chi connectivity index (χ4v) is 2.94. The van der Waals surface area contributed by atoms with Crippen molar-refractivity contribution >= 4 is 15.9 Å². The fourth-order valence-electron chi connectivity index (χ4n) is 2.53. The van der Waals surface area contributed by atoms with Crippen molar-refractivity contribution in [2.75, 3.05) is 0 Å². The number of rotatable bonds is 2. The number of hydrogen-bond donors (Lipinski definition) is 0. The number of aromatic nitrogens is 2. The highest BCUT2D eigenvalue weighted by Gasteiger charge is 2.15. The van der Waals surface area contributed by atoms with E-state index in [1.807, 2.05) is 22.9 Å². The third kappa shape index (κ3) is 2.12. The first-order chi connectivity index (χ1) is 8.74. The van der Waals surface area contributed by atoms with E-state index >= 15 is 0 Å². The molecule has 3 nitrogen and oxygen atoms in total. The van der Waals surface area contributed by atoms with Gasteiger partial charge in [0.05, 0.1) is 6.54 Å². The van der Waals surface area contributed by atoms with Gasteiger partial charge in [0.1, 0.15) is 0 Å².